The summed E-state index contributed by atoms with van der Waals surface area (Å²) in [5.41, 5.74) is -2.74. The van der Waals surface area contributed by atoms with Crippen LogP contribution in [0.15, 0.2) is 34.7 Å². The number of carbonyl (C=O) groups is 2. The molecule has 1 radical (unpaired) electrons. The first-order valence-corrected chi connectivity index (χ1v) is 7.60. The van der Waals surface area contributed by atoms with Crippen molar-refractivity contribution in [2.45, 2.75) is 11.1 Å². The van der Waals surface area contributed by atoms with Crippen LogP contribution in [0.5, 0.6) is 0 Å². The second kappa shape index (κ2) is 6.02. The van der Waals surface area contributed by atoms with Gasteiger partial charge in [0.05, 0.1) is 17.2 Å². The molecule has 1 aliphatic carbocycles. The van der Waals surface area contributed by atoms with Crippen LogP contribution in [0.25, 0.3) is 5.57 Å². The molecular weight excluding hydrogens is 331 g/mol. The Morgan fingerprint density at radius 2 is 1.96 bits per heavy atom. The number of halogens is 3. The molecule has 1 aromatic carbocycles. The van der Waals surface area contributed by atoms with Crippen molar-refractivity contribution < 1.29 is 27.3 Å². The van der Waals surface area contributed by atoms with Crippen molar-refractivity contribution in [3.8, 4) is 6.07 Å². The molecule has 1 unspecified atom stereocenters. The van der Waals surface area contributed by atoms with Gasteiger partial charge < -0.3 is 4.55 Å². The van der Waals surface area contributed by atoms with Gasteiger partial charge in [0.15, 0.2) is 16.5 Å². The first kappa shape index (κ1) is 17.0. The molecule has 23 heavy (non-hydrogen) atoms. The average molecular weight is 338 g/mol. The molecule has 1 aromatic rings. The topological polar surface area (TPSA) is 81.0 Å². The third-order valence-corrected chi connectivity index (χ3v) is 3.99. The minimum Gasteiger partial charge on any atom is -0.612 e. The van der Waals surface area contributed by atoms with Crippen molar-refractivity contribution in [3.63, 3.8) is 0 Å². The van der Waals surface area contributed by atoms with Crippen LogP contribution in [-0.4, -0.2) is 28.6 Å². The standard InChI is InChI=1S/C15H7F3NO3S/c1-23(22)12-6-8(7-19)2-3-9(12)13-10(20)4-5-11(21)14(13)15(16,17)18/h2-4,6H,1H3. The predicted molar refractivity (Wildman–Crippen MR) is 74.3 cm³/mol. The zero-order chi connectivity index (χ0) is 17.4. The van der Waals surface area contributed by atoms with Crippen molar-refractivity contribution in [1.82, 2.24) is 0 Å². The van der Waals surface area contributed by atoms with Crippen LogP contribution < -0.4 is 0 Å². The highest BCUT2D eigenvalue weighted by Crippen LogP contribution is 2.38. The van der Waals surface area contributed by atoms with E-state index in [1.807, 2.05) is 0 Å². The number of carbonyl (C=O) groups excluding carboxylic acids is 2. The molecule has 1 atom stereocenters. The Labute approximate surface area is 132 Å². The van der Waals surface area contributed by atoms with Crippen molar-refractivity contribution >= 4 is 28.3 Å². The van der Waals surface area contributed by atoms with Crippen molar-refractivity contribution in [3.05, 3.63) is 47.1 Å². The molecule has 0 saturated carbocycles. The number of alkyl halides is 3. The quantitative estimate of drug-likeness (QED) is 0.611. The number of hydrogen-bond acceptors (Lipinski definition) is 4. The smallest absolute Gasteiger partial charge is 0.420 e. The summed E-state index contributed by atoms with van der Waals surface area (Å²) in [5.74, 6) is -2.53. The minimum absolute atomic E-state index is 0.0739. The van der Waals surface area contributed by atoms with Gasteiger partial charge in [-0.2, -0.15) is 18.4 Å². The maximum absolute atomic E-state index is 13.2. The van der Waals surface area contributed by atoms with Gasteiger partial charge in [-0.05, 0) is 29.4 Å². The summed E-state index contributed by atoms with van der Waals surface area (Å²) < 4.78 is 51.3. The van der Waals surface area contributed by atoms with Crippen LogP contribution in [0.4, 0.5) is 13.2 Å². The van der Waals surface area contributed by atoms with E-state index in [1.165, 1.54) is 12.3 Å². The van der Waals surface area contributed by atoms with Crippen LogP contribution in [-0.2, 0) is 20.8 Å². The van der Waals surface area contributed by atoms with Crippen LogP contribution in [0, 0.1) is 17.4 Å². The highest BCUT2D eigenvalue weighted by molar-refractivity contribution is 7.90. The minimum atomic E-state index is -5.07. The Morgan fingerprint density at radius 1 is 1.30 bits per heavy atom. The summed E-state index contributed by atoms with van der Waals surface area (Å²) in [6.07, 6.45) is -1.51. The number of ketones is 2. The molecule has 0 fully saturated rings. The van der Waals surface area contributed by atoms with Crippen molar-refractivity contribution in [2.75, 3.05) is 6.26 Å². The van der Waals surface area contributed by atoms with E-state index in [1.54, 1.807) is 12.1 Å². The van der Waals surface area contributed by atoms with Gasteiger partial charge in [-0.1, -0.05) is 0 Å². The Kier molecular flexibility index (Phi) is 4.45. The van der Waals surface area contributed by atoms with Gasteiger partial charge in [-0.3, -0.25) is 9.59 Å². The molecule has 0 amide bonds. The molecule has 0 aliphatic heterocycles. The van der Waals surface area contributed by atoms with Crippen molar-refractivity contribution in [1.29, 1.82) is 5.26 Å². The molecule has 0 heterocycles. The second-order valence-corrected chi connectivity index (χ2v) is 5.85. The molecule has 0 spiro atoms. The predicted octanol–water partition coefficient (Wildman–Crippen LogP) is 2.12. The Balaban J connectivity index is 2.83. The fraction of sp³-hybridized carbons (Fsp3) is 0.133. The van der Waals surface area contributed by atoms with Crippen molar-refractivity contribution in [2.24, 2.45) is 0 Å². The summed E-state index contributed by atoms with van der Waals surface area (Å²) in [4.78, 5) is 23.4. The zero-order valence-electron chi connectivity index (χ0n) is 11.5. The van der Waals surface area contributed by atoms with E-state index in [0.717, 1.165) is 12.1 Å². The van der Waals surface area contributed by atoms with E-state index in [9.17, 15) is 27.3 Å². The van der Waals surface area contributed by atoms with Gasteiger partial charge in [-0.15, -0.1) is 0 Å². The molecule has 0 bridgehead atoms. The number of nitrogens with zero attached hydrogens (tertiary/aromatic N) is 1. The lowest BCUT2D eigenvalue weighted by Crippen LogP contribution is -2.26. The molecule has 0 aromatic heterocycles. The highest BCUT2D eigenvalue weighted by Gasteiger charge is 2.44. The maximum atomic E-state index is 13.2. The normalized spacial score (nSPS) is 16.5. The number of nitriles is 1. The van der Waals surface area contributed by atoms with E-state index >= 15 is 0 Å². The first-order chi connectivity index (χ1) is 10.7. The van der Waals surface area contributed by atoms with Crippen LogP contribution in [0.3, 0.4) is 0 Å². The van der Waals surface area contributed by atoms with Gasteiger partial charge in [0.25, 0.3) is 0 Å². The second-order valence-electron chi connectivity index (χ2n) is 4.51. The Hall–Kier alpha value is -2.37. The Morgan fingerprint density at radius 3 is 2.48 bits per heavy atom. The fourth-order valence-electron chi connectivity index (χ4n) is 2.09. The highest BCUT2D eigenvalue weighted by atomic mass is 32.2. The number of benzene rings is 1. The maximum Gasteiger partial charge on any atom is 0.420 e. The van der Waals surface area contributed by atoms with Gasteiger partial charge >= 0.3 is 6.18 Å². The summed E-state index contributed by atoms with van der Waals surface area (Å²) in [6.45, 7) is 0. The third-order valence-electron chi connectivity index (χ3n) is 3.03. The summed E-state index contributed by atoms with van der Waals surface area (Å²) in [6, 6.07) is 5.17. The molecule has 0 N–H and O–H groups in total. The fourth-order valence-corrected chi connectivity index (χ4v) is 2.86. The molecule has 4 nitrogen and oxygen atoms in total. The number of rotatable bonds is 2. The molecule has 0 saturated heterocycles. The summed E-state index contributed by atoms with van der Waals surface area (Å²) in [7, 11) is 0. The van der Waals surface area contributed by atoms with E-state index in [-0.39, 0.29) is 16.0 Å². The summed E-state index contributed by atoms with van der Waals surface area (Å²) >= 11 is -1.77. The number of allylic oxidation sites excluding steroid dienone is 4. The SMILES string of the molecule is C[S+]([O-])c1cc(C#N)ccc1C1=C(C(F)(F)F)C(=O)[C]=CC1=O. The van der Waals surface area contributed by atoms with Crippen LogP contribution in [0.1, 0.15) is 11.1 Å². The third kappa shape index (κ3) is 3.21. The average Bonchev–Trinajstić information content (AvgIpc) is 2.47. The van der Waals surface area contributed by atoms with Crippen LogP contribution in [0.2, 0.25) is 0 Å². The van der Waals surface area contributed by atoms with E-state index in [0.29, 0.717) is 6.08 Å². The largest absolute Gasteiger partial charge is 0.612 e. The Bertz CT molecular complexity index is 801. The van der Waals surface area contributed by atoms with E-state index in [2.05, 4.69) is 0 Å². The molecule has 117 valence electrons. The summed E-state index contributed by atoms with van der Waals surface area (Å²) in [5, 5.41) is 8.84. The monoisotopic (exact) mass is 338 g/mol. The van der Waals surface area contributed by atoms with Crippen LogP contribution >= 0.6 is 0 Å². The molecular formula is C15H7F3NO3S. The number of hydrogen-bond donors (Lipinski definition) is 0. The van der Waals surface area contributed by atoms with Gasteiger partial charge in [0, 0.05) is 17.7 Å². The lowest BCUT2D eigenvalue weighted by Gasteiger charge is -2.19. The van der Waals surface area contributed by atoms with Gasteiger partial charge in [-0.25, -0.2) is 0 Å². The van der Waals surface area contributed by atoms with Gasteiger partial charge in [0.2, 0.25) is 0 Å². The van der Waals surface area contributed by atoms with E-state index < -0.39 is 40.1 Å². The zero-order valence-corrected chi connectivity index (χ0v) is 12.3. The molecule has 2 rings (SSSR count). The molecule has 1 aliphatic rings. The van der Waals surface area contributed by atoms with Gasteiger partial charge in [0.1, 0.15) is 11.8 Å². The lowest BCUT2D eigenvalue weighted by atomic mass is 9.89. The van der Waals surface area contributed by atoms with E-state index in [4.69, 9.17) is 5.26 Å². The molecule has 8 heteroatoms. The lowest BCUT2D eigenvalue weighted by molar-refractivity contribution is -0.127. The first-order valence-electron chi connectivity index (χ1n) is 6.04. The number of Topliss-reactive ketones (excluding diaryl/α,β-unsaturated/α-hetero) is 1.